The van der Waals surface area contributed by atoms with Gasteiger partial charge in [-0.15, -0.1) is 0 Å². The van der Waals surface area contributed by atoms with Gasteiger partial charge in [0.2, 0.25) is 0 Å². The fraction of sp³-hybridized carbons (Fsp3) is 0.125. The van der Waals surface area contributed by atoms with Crippen LogP contribution in [0, 0.1) is 5.41 Å². The number of nitrogens with one attached hydrogen (secondary N) is 1. The molecular weight excluding hydrogens is 176 g/mol. The molecule has 0 unspecified atom stereocenters. The van der Waals surface area contributed by atoms with Crippen molar-refractivity contribution in [1.29, 1.82) is 5.41 Å². The summed E-state index contributed by atoms with van der Waals surface area (Å²) in [7, 11) is 1.55. The smallest absolute Gasteiger partial charge is 0.124 e. The van der Waals surface area contributed by atoms with Crippen LogP contribution in [0.2, 0.25) is 5.02 Å². The van der Waals surface area contributed by atoms with Gasteiger partial charge in [-0.1, -0.05) is 11.6 Å². The summed E-state index contributed by atoms with van der Waals surface area (Å²) < 4.78 is 4.95. The molecule has 0 radical (unpaired) electrons. The van der Waals surface area contributed by atoms with Gasteiger partial charge in [-0.2, -0.15) is 0 Å². The first-order valence-electron chi connectivity index (χ1n) is 3.33. The standard InChI is InChI=1S/C8H9ClN2O/c1-12-5-2-3-7(9)6(4-5)8(10)11/h2-4H,1H3,(H3,10,11). The molecule has 3 N–H and O–H groups in total. The van der Waals surface area contributed by atoms with E-state index in [1.54, 1.807) is 25.3 Å². The third-order valence-electron chi connectivity index (χ3n) is 1.46. The Bertz CT molecular complexity index is 312. The van der Waals surface area contributed by atoms with Crippen molar-refractivity contribution in [3.63, 3.8) is 0 Å². The minimum atomic E-state index is -0.0566. The number of hydrogen-bond acceptors (Lipinski definition) is 2. The summed E-state index contributed by atoms with van der Waals surface area (Å²) in [5.74, 6) is 0.587. The molecule has 1 rings (SSSR count). The van der Waals surface area contributed by atoms with Crippen molar-refractivity contribution in [2.75, 3.05) is 7.11 Å². The molecule has 12 heavy (non-hydrogen) atoms. The highest BCUT2D eigenvalue weighted by atomic mass is 35.5. The SMILES string of the molecule is COc1ccc(Cl)c(C(=N)N)c1. The number of methoxy groups -OCH3 is 1. The number of nitrogens with two attached hydrogens (primary N) is 1. The van der Waals surface area contributed by atoms with Gasteiger partial charge in [0.05, 0.1) is 12.1 Å². The summed E-state index contributed by atoms with van der Waals surface area (Å²) in [6.07, 6.45) is 0. The van der Waals surface area contributed by atoms with Gasteiger partial charge in [0.15, 0.2) is 0 Å². The summed E-state index contributed by atoms with van der Waals surface area (Å²) >= 11 is 5.77. The monoisotopic (exact) mass is 184 g/mol. The number of hydrogen-bond donors (Lipinski definition) is 2. The average Bonchev–Trinajstić information content (AvgIpc) is 2.05. The molecule has 0 atom stereocenters. The predicted octanol–water partition coefficient (Wildman–Crippen LogP) is 1.63. The Morgan fingerprint density at radius 1 is 1.58 bits per heavy atom. The van der Waals surface area contributed by atoms with Crippen LogP contribution in [0.15, 0.2) is 18.2 Å². The lowest BCUT2D eigenvalue weighted by molar-refractivity contribution is 0.414. The molecule has 3 nitrogen and oxygen atoms in total. The number of ether oxygens (including phenoxy) is 1. The fourth-order valence-corrected chi connectivity index (χ4v) is 1.06. The van der Waals surface area contributed by atoms with Crippen LogP contribution in [-0.2, 0) is 0 Å². The minimum Gasteiger partial charge on any atom is -0.497 e. The number of halogens is 1. The molecule has 64 valence electrons. The topological polar surface area (TPSA) is 59.1 Å². The lowest BCUT2D eigenvalue weighted by atomic mass is 10.2. The lowest BCUT2D eigenvalue weighted by Gasteiger charge is -2.04. The van der Waals surface area contributed by atoms with E-state index in [0.29, 0.717) is 16.3 Å². The zero-order valence-corrected chi connectivity index (χ0v) is 7.35. The zero-order chi connectivity index (χ0) is 9.14. The van der Waals surface area contributed by atoms with E-state index in [4.69, 9.17) is 27.5 Å². The molecule has 4 heteroatoms. The van der Waals surface area contributed by atoms with E-state index < -0.39 is 0 Å². The number of rotatable bonds is 2. The lowest BCUT2D eigenvalue weighted by Crippen LogP contribution is -2.11. The molecule has 0 aliphatic heterocycles. The molecule has 0 bridgehead atoms. The Morgan fingerprint density at radius 2 is 2.25 bits per heavy atom. The molecule has 0 amide bonds. The summed E-state index contributed by atoms with van der Waals surface area (Å²) in [5.41, 5.74) is 5.78. The Kier molecular flexibility index (Phi) is 2.55. The van der Waals surface area contributed by atoms with Crippen molar-refractivity contribution >= 4 is 17.4 Å². The van der Waals surface area contributed by atoms with Crippen LogP contribution in [0.5, 0.6) is 5.75 Å². The first kappa shape index (κ1) is 8.87. The van der Waals surface area contributed by atoms with Crippen LogP contribution in [0.3, 0.4) is 0 Å². The van der Waals surface area contributed by atoms with E-state index in [1.807, 2.05) is 0 Å². The number of nitrogen functional groups attached to an aromatic ring is 1. The van der Waals surface area contributed by atoms with Crippen molar-refractivity contribution in [1.82, 2.24) is 0 Å². The number of amidine groups is 1. The molecule has 0 saturated heterocycles. The van der Waals surface area contributed by atoms with Gasteiger partial charge in [-0.3, -0.25) is 5.41 Å². The Labute approximate surface area is 75.6 Å². The normalized spacial score (nSPS) is 9.50. The van der Waals surface area contributed by atoms with Crippen molar-refractivity contribution in [3.05, 3.63) is 28.8 Å². The van der Waals surface area contributed by atoms with Gasteiger partial charge in [-0.05, 0) is 18.2 Å². The third-order valence-corrected chi connectivity index (χ3v) is 1.79. The highest BCUT2D eigenvalue weighted by Crippen LogP contribution is 2.20. The first-order chi connectivity index (χ1) is 5.65. The maximum absolute atomic E-state index is 7.19. The van der Waals surface area contributed by atoms with Gasteiger partial charge in [-0.25, -0.2) is 0 Å². The fourth-order valence-electron chi connectivity index (χ4n) is 0.838. The highest BCUT2D eigenvalue weighted by Gasteiger charge is 2.04. The molecule has 0 fully saturated rings. The molecule has 0 aliphatic rings. The maximum atomic E-state index is 7.19. The predicted molar refractivity (Wildman–Crippen MR) is 49.0 cm³/mol. The molecule has 0 heterocycles. The maximum Gasteiger partial charge on any atom is 0.124 e. The molecule has 0 aromatic heterocycles. The van der Waals surface area contributed by atoms with Crippen LogP contribution < -0.4 is 10.5 Å². The average molecular weight is 185 g/mol. The second kappa shape index (κ2) is 3.45. The zero-order valence-electron chi connectivity index (χ0n) is 6.60. The Hall–Kier alpha value is -1.22. The van der Waals surface area contributed by atoms with Crippen molar-refractivity contribution in [3.8, 4) is 5.75 Å². The number of benzene rings is 1. The summed E-state index contributed by atoms with van der Waals surface area (Å²) in [4.78, 5) is 0. The highest BCUT2D eigenvalue weighted by molar-refractivity contribution is 6.33. The van der Waals surface area contributed by atoms with Gasteiger partial charge < -0.3 is 10.5 Å². The molecule has 1 aromatic rings. The van der Waals surface area contributed by atoms with E-state index in [2.05, 4.69) is 0 Å². The van der Waals surface area contributed by atoms with E-state index in [-0.39, 0.29) is 5.84 Å². The Morgan fingerprint density at radius 3 is 2.75 bits per heavy atom. The van der Waals surface area contributed by atoms with Crippen LogP contribution in [0.4, 0.5) is 0 Å². The van der Waals surface area contributed by atoms with Gasteiger partial charge >= 0.3 is 0 Å². The largest absolute Gasteiger partial charge is 0.497 e. The summed E-state index contributed by atoms with van der Waals surface area (Å²) in [5, 5.41) is 7.65. The van der Waals surface area contributed by atoms with Crippen molar-refractivity contribution in [2.24, 2.45) is 5.73 Å². The van der Waals surface area contributed by atoms with Crippen molar-refractivity contribution in [2.45, 2.75) is 0 Å². The summed E-state index contributed by atoms with van der Waals surface area (Å²) in [6.45, 7) is 0. The van der Waals surface area contributed by atoms with Crippen LogP contribution >= 0.6 is 11.6 Å². The molecule has 1 aromatic carbocycles. The van der Waals surface area contributed by atoms with E-state index in [9.17, 15) is 0 Å². The molecular formula is C8H9ClN2O. The van der Waals surface area contributed by atoms with Gasteiger partial charge in [0.25, 0.3) is 0 Å². The molecule has 0 spiro atoms. The molecule has 0 aliphatic carbocycles. The van der Waals surface area contributed by atoms with Crippen LogP contribution in [0.25, 0.3) is 0 Å². The third kappa shape index (κ3) is 1.68. The van der Waals surface area contributed by atoms with Crippen LogP contribution in [-0.4, -0.2) is 12.9 Å². The molecule has 0 saturated carbocycles. The second-order valence-electron chi connectivity index (χ2n) is 2.26. The quantitative estimate of drug-likeness (QED) is 0.542. The van der Waals surface area contributed by atoms with Crippen LogP contribution in [0.1, 0.15) is 5.56 Å². The van der Waals surface area contributed by atoms with Gasteiger partial charge in [0, 0.05) is 5.56 Å². The van der Waals surface area contributed by atoms with Crippen molar-refractivity contribution < 1.29 is 4.74 Å². The van der Waals surface area contributed by atoms with Gasteiger partial charge in [0.1, 0.15) is 11.6 Å². The second-order valence-corrected chi connectivity index (χ2v) is 2.67. The van der Waals surface area contributed by atoms with E-state index in [0.717, 1.165) is 0 Å². The first-order valence-corrected chi connectivity index (χ1v) is 3.71. The van der Waals surface area contributed by atoms with E-state index >= 15 is 0 Å². The Balaban J connectivity index is 3.17. The summed E-state index contributed by atoms with van der Waals surface area (Å²) in [6, 6.07) is 5.00. The minimum absolute atomic E-state index is 0.0566. The van der Waals surface area contributed by atoms with E-state index in [1.165, 1.54) is 0 Å².